The number of carbonyl (C=O) groups excluding carboxylic acids is 1. The molecule has 5 rings (SSSR count). The molecular weight excluding hydrogens is 450 g/mol. The highest BCUT2D eigenvalue weighted by molar-refractivity contribution is 5.98. The van der Waals surface area contributed by atoms with Crippen LogP contribution in [-0.2, 0) is 6.61 Å². The summed E-state index contributed by atoms with van der Waals surface area (Å²) in [5.41, 5.74) is 13.2. The van der Waals surface area contributed by atoms with E-state index in [2.05, 4.69) is 10.3 Å². The average Bonchev–Trinajstić information content (AvgIpc) is 3.56. The summed E-state index contributed by atoms with van der Waals surface area (Å²) in [6, 6.07) is 15.6. The van der Waals surface area contributed by atoms with Gasteiger partial charge in [0.1, 0.15) is 0 Å². The van der Waals surface area contributed by atoms with E-state index in [4.69, 9.17) is 10.8 Å². The summed E-state index contributed by atoms with van der Waals surface area (Å²) in [5.74, 6) is 0.779. The number of anilines is 1. The molecule has 0 atom stereocenters. The third-order valence-corrected chi connectivity index (χ3v) is 6.66. The molecule has 0 saturated heterocycles. The van der Waals surface area contributed by atoms with Crippen molar-refractivity contribution in [3.8, 4) is 22.5 Å². The molecule has 7 nitrogen and oxygen atoms in total. The van der Waals surface area contributed by atoms with Gasteiger partial charge in [0.15, 0.2) is 11.4 Å². The zero-order chi connectivity index (χ0) is 25.4. The Bertz CT molecular complexity index is 1430. The minimum absolute atomic E-state index is 0.0825. The third kappa shape index (κ3) is 5.03. The summed E-state index contributed by atoms with van der Waals surface area (Å²) in [7, 11) is 0. The summed E-state index contributed by atoms with van der Waals surface area (Å²) in [6.07, 6.45) is 4.77. The third-order valence-electron chi connectivity index (χ3n) is 6.66. The number of imidazole rings is 1. The lowest BCUT2D eigenvalue weighted by Crippen LogP contribution is -2.39. The molecule has 36 heavy (non-hydrogen) atoms. The Labute approximate surface area is 211 Å². The van der Waals surface area contributed by atoms with Gasteiger partial charge in [0.05, 0.1) is 29.9 Å². The SMILES string of the molecule is Cc1cc(-c2cnc3c(NCC(C)(C)N)cc(-c4ccccc4CO)nn23)ccc1C(=O)CC1CC1. The molecule has 1 aliphatic rings. The number of benzene rings is 2. The van der Waals surface area contributed by atoms with Crippen LogP contribution in [0.4, 0.5) is 5.69 Å². The van der Waals surface area contributed by atoms with E-state index in [1.165, 1.54) is 0 Å². The zero-order valence-corrected chi connectivity index (χ0v) is 21.1. The topological polar surface area (TPSA) is 106 Å². The number of aryl methyl sites for hydroxylation is 1. The number of carbonyl (C=O) groups is 1. The summed E-state index contributed by atoms with van der Waals surface area (Å²) < 4.78 is 1.83. The maximum Gasteiger partial charge on any atom is 0.177 e. The molecule has 0 radical (unpaired) electrons. The zero-order valence-electron chi connectivity index (χ0n) is 21.1. The number of Topliss-reactive ketones (excluding diaryl/α,β-unsaturated/α-hetero) is 1. The van der Waals surface area contributed by atoms with E-state index in [9.17, 15) is 9.90 Å². The first-order valence-corrected chi connectivity index (χ1v) is 12.5. The molecule has 2 aromatic heterocycles. The quantitative estimate of drug-likeness (QED) is 0.290. The van der Waals surface area contributed by atoms with Crippen molar-refractivity contribution in [3.05, 3.63) is 71.4 Å². The Morgan fingerprint density at radius 2 is 1.97 bits per heavy atom. The van der Waals surface area contributed by atoms with Crippen LogP contribution in [0.2, 0.25) is 0 Å². The fourth-order valence-electron chi connectivity index (χ4n) is 4.49. The number of aliphatic hydroxyl groups is 1. The minimum Gasteiger partial charge on any atom is -0.392 e. The van der Waals surface area contributed by atoms with Crippen molar-refractivity contribution in [2.75, 3.05) is 11.9 Å². The van der Waals surface area contributed by atoms with Crippen LogP contribution in [0.1, 0.15) is 54.6 Å². The number of nitrogens with two attached hydrogens (primary N) is 1. The molecule has 4 aromatic rings. The Hall–Kier alpha value is -3.55. The lowest BCUT2D eigenvalue weighted by molar-refractivity contribution is 0.0975. The summed E-state index contributed by atoms with van der Waals surface area (Å²) >= 11 is 0. The van der Waals surface area contributed by atoms with E-state index >= 15 is 0 Å². The van der Waals surface area contributed by atoms with Crippen LogP contribution in [-0.4, -0.2) is 37.6 Å². The maximum absolute atomic E-state index is 12.7. The van der Waals surface area contributed by atoms with Gasteiger partial charge >= 0.3 is 0 Å². The number of aromatic nitrogens is 3. The van der Waals surface area contributed by atoms with E-state index < -0.39 is 5.54 Å². The van der Waals surface area contributed by atoms with Crippen LogP contribution < -0.4 is 11.1 Å². The normalized spacial score (nSPS) is 13.8. The predicted octanol–water partition coefficient (Wildman–Crippen LogP) is 5.00. The van der Waals surface area contributed by atoms with Crippen LogP contribution in [0, 0.1) is 12.8 Å². The number of aliphatic hydroxyl groups excluding tert-OH is 1. The van der Waals surface area contributed by atoms with E-state index in [1.807, 2.05) is 80.0 Å². The highest BCUT2D eigenvalue weighted by Gasteiger charge is 2.26. The molecule has 2 heterocycles. The fraction of sp³-hybridized carbons (Fsp3) is 0.345. The van der Waals surface area contributed by atoms with Gasteiger partial charge in [-0.05, 0) is 62.8 Å². The second kappa shape index (κ2) is 9.48. The number of hydrogen-bond donors (Lipinski definition) is 3. The van der Waals surface area contributed by atoms with Crippen molar-refractivity contribution in [3.63, 3.8) is 0 Å². The van der Waals surface area contributed by atoms with Gasteiger partial charge < -0.3 is 16.2 Å². The number of rotatable bonds is 9. The van der Waals surface area contributed by atoms with E-state index in [-0.39, 0.29) is 12.4 Å². The first-order valence-electron chi connectivity index (χ1n) is 12.5. The van der Waals surface area contributed by atoms with E-state index in [1.54, 1.807) is 0 Å². The first-order chi connectivity index (χ1) is 17.2. The van der Waals surface area contributed by atoms with Crippen LogP contribution in [0.3, 0.4) is 0 Å². The summed E-state index contributed by atoms with van der Waals surface area (Å²) in [5, 5.41) is 18.3. The predicted molar refractivity (Wildman–Crippen MR) is 143 cm³/mol. The van der Waals surface area contributed by atoms with Gasteiger partial charge in [-0.3, -0.25) is 4.79 Å². The lowest BCUT2D eigenvalue weighted by atomic mass is 9.98. The van der Waals surface area contributed by atoms with E-state index in [0.717, 1.165) is 57.7 Å². The van der Waals surface area contributed by atoms with Crippen LogP contribution in [0.15, 0.2) is 54.7 Å². The Kier molecular flexibility index (Phi) is 6.36. The van der Waals surface area contributed by atoms with Crippen LogP contribution in [0.5, 0.6) is 0 Å². The largest absolute Gasteiger partial charge is 0.392 e. The number of ketones is 1. The van der Waals surface area contributed by atoms with Crippen LogP contribution >= 0.6 is 0 Å². The Morgan fingerprint density at radius 3 is 2.67 bits per heavy atom. The molecule has 1 aliphatic carbocycles. The van der Waals surface area contributed by atoms with Gasteiger partial charge in [-0.25, -0.2) is 9.50 Å². The first kappa shape index (κ1) is 24.2. The van der Waals surface area contributed by atoms with Crippen molar-refractivity contribution >= 4 is 17.1 Å². The minimum atomic E-state index is -0.418. The highest BCUT2D eigenvalue weighted by atomic mass is 16.3. The second-order valence-electron chi connectivity index (χ2n) is 10.6. The summed E-state index contributed by atoms with van der Waals surface area (Å²) in [6.45, 7) is 6.38. The molecule has 0 aliphatic heterocycles. The van der Waals surface area contributed by atoms with Gasteiger partial charge in [-0.15, -0.1) is 0 Å². The molecular formula is C29H33N5O2. The number of nitrogens with one attached hydrogen (secondary N) is 1. The average molecular weight is 484 g/mol. The molecule has 0 amide bonds. The van der Waals surface area contributed by atoms with Gasteiger partial charge in [0.2, 0.25) is 0 Å². The highest BCUT2D eigenvalue weighted by Crippen LogP contribution is 2.35. The molecule has 186 valence electrons. The molecule has 1 fully saturated rings. The van der Waals surface area contributed by atoms with Gasteiger partial charge in [0.25, 0.3) is 0 Å². The van der Waals surface area contributed by atoms with Crippen molar-refractivity contribution in [2.45, 2.75) is 52.2 Å². The smallest absolute Gasteiger partial charge is 0.177 e. The van der Waals surface area contributed by atoms with Gasteiger partial charge in [0, 0.05) is 35.2 Å². The molecule has 0 bridgehead atoms. The Balaban J connectivity index is 1.61. The lowest BCUT2D eigenvalue weighted by Gasteiger charge is -2.20. The molecule has 4 N–H and O–H groups in total. The number of hydrogen-bond acceptors (Lipinski definition) is 6. The maximum atomic E-state index is 12.7. The molecule has 2 aromatic carbocycles. The van der Waals surface area contributed by atoms with Crippen molar-refractivity contribution in [1.82, 2.24) is 14.6 Å². The monoisotopic (exact) mass is 483 g/mol. The van der Waals surface area contributed by atoms with Crippen molar-refractivity contribution < 1.29 is 9.90 Å². The summed E-state index contributed by atoms with van der Waals surface area (Å²) in [4.78, 5) is 17.4. The Morgan fingerprint density at radius 1 is 1.19 bits per heavy atom. The molecule has 1 saturated carbocycles. The number of fused-ring (bicyclic) bond motifs is 1. The van der Waals surface area contributed by atoms with Crippen LogP contribution in [0.25, 0.3) is 28.2 Å². The number of nitrogens with zero attached hydrogens (tertiary/aromatic N) is 3. The standard InChI is InChI=1S/C29H33N5O2/c1-18-12-20(10-11-22(18)27(36)13-19-8-9-19)26-15-31-28-25(32-17-29(2,3)30)14-24(33-34(26)28)23-7-5-4-6-21(23)16-35/h4-7,10-12,14-15,19,32,35H,8-9,13,16-17,30H2,1-3H3. The molecule has 0 spiro atoms. The van der Waals surface area contributed by atoms with E-state index in [0.29, 0.717) is 24.5 Å². The molecule has 0 unspecified atom stereocenters. The van der Waals surface area contributed by atoms with Gasteiger partial charge in [-0.1, -0.05) is 36.4 Å². The van der Waals surface area contributed by atoms with Crippen molar-refractivity contribution in [2.24, 2.45) is 11.7 Å². The van der Waals surface area contributed by atoms with Gasteiger partial charge in [-0.2, -0.15) is 5.10 Å². The fourth-order valence-corrected chi connectivity index (χ4v) is 4.49. The second-order valence-corrected chi connectivity index (χ2v) is 10.6. The molecule has 7 heteroatoms. The van der Waals surface area contributed by atoms with Crippen molar-refractivity contribution in [1.29, 1.82) is 0 Å².